The number of nitrogens with zero attached hydrogens (tertiary/aromatic N) is 3. The Balaban J connectivity index is 1.37. The third-order valence-electron chi connectivity index (χ3n) is 7.42. The molecule has 2 amide bonds. The molecule has 1 aliphatic carbocycles. The van der Waals surface area contributed by atoms with Gasteiger partial charge in [-0.1, -0.05) is 67.1 Å². The number of carbonyl (C=O) groups is 2. The number of benzene rings is 2. The Hall–Kier alpha value is -2.87. The predicted octanol–water partition coefficient (Wildman–Crippen LogP) is 6.16. The first-order valence-corrected chi connectivity index (χ1v) is 14.2. The number of ether oxygens (including phenoxy) is 1. The number of fused-ring (bicyclic) bond motifs is 1. The summed E-state index contributed by atoms with van der Waals surface area (Å²) < 4.78 is 6.07. The molecule has 4 rings (SSSR count). The smallest absolute Gasteiger partial charge is 0.246 e. The van der Waals surface area contributed by atoms with Crippen LogP contribution in [0.4, 0.5) is 5.69 Å². The van der Waals surface area contributed by atoms with Gasteiger partial charge >= 0.3 is 0 Å². The second kappa shape index (κ2) is 13.5. The van der Waals surface area contributed by atoms with E-state index in [9.17, 15) is 9.59 Å². The number of hydrogen-bond donors (Lipinski definition) is 1. The summed E-state index contributed by atoms with van der Waals surface area (Å²) in [6.45, 7) is 2.14. The Morgan fingerprint density at radius 1 is 1.05 bits per heavy atom. The van der Waals surface area contributed by atoms with Gasteiger partial charge < -0.3 is 15.0 Å². The molecule has 1 saturated carbocycles. The maximum atomic E-state index is 12.9. The van der Waals surface area contributed by atoms with Crippen LogP contribution in [-0.4, -0.2) is 54.9 Å². The first kappa shape index (κ1) is 29.1. The number of amides is 2. The summed E-state index contributed by atoms with van der Waals surface area (Å²) in [5, 5.41) is 4.49. The Morgan fingerprint density at radius 3 is 2.51 bits per heavy atom. The van der Waals surface area contributed by atoms with Crippen LogP contribution in [0.15, 0.2) is 42.5 Å². The Bertz CT molecular complexity index is 1330. The second-order valence-corrected chi connectivity index (χ2v) is 11.0. The van der Waals surface area contributed by atoms with Crippen molar-refractivity contribution in [2.24, 2.45) is 0 Å². The minimum absolute atomic E-state index is 0.110. The lowest BCUT2D eigenvalue weighted by Gasteiger charge is -2.26. The fourth-order valence-corrected chi connectivity index (χ4v) is 5.61. The Morgan fingerprint density at radius 2 is 1.77 bits per heavy atom. The lowest BCUT2D eigenvalue weighted by atomic mass is 10.1. The van der Waals surface area contributed by atoms with E-state index in [0.717, 1.165) is 29.4 Å². The van der Waals surface area contributed by atoms with Gasteiger partial charge in [0.25, 0.3) is 0 Å². The number of nitrogens with one attached hydrogen (secondary N) is 1. The van der Waals surface area contributed by atoms with E-state index in [0.29, 0.717) is 33.1 Å². The SMILES string of the molecule is Cc1nc2ccccc2cc1OCc1c(Cl)ccc(N(C)C(=O)CNC(=O)CN(C)C2CCCCCC2)c1Cl. The van der Waals surface area contributed by atoms with Crippen molar-refractivity contribution >= 4 is 51.6 Å². The van der Waals surface area contributed by atoms with Crippen LogP contribution in [0.3, 0.4) is 0 Å². The Kier molecular flexibility index (Phi) is 10.1. The van der Waals surface area contributed by atoms with Crippen molar-refractivity contribution in [2.45, 2.75) is 58.1 Å². The van der Waals surface area contributed by atoms with Crippen molar-refractivity contribution in [2.75, 3.05) is 32.1 Å². The number of rotatable bonds is 9. The van der Waals surface area contributed by atoms with E-state index in [4.69, 9.17) is 27.9 Å². The molecule has 2 aromatic carbocycles. The van der Waals surface area contributed by atoms with Crippen molar-refractivity contribution < 1.29 is 14.3 Å². The van der Waals surface area contributed by atoms with Gasteiger partial charge in [0, 0.05) is 29.1 Å². The van der Waals surface area contributed by atoms with Gasteiger partial charge in [-0.25, -0.2) is 4.98 Å². The largest absolute Gasteiger partial charge is 0.487 e. The van der Waals surface area contributed by atoms with E-state index in [-0.39, 0.29) is 31.5 Å². The van der Waals surface area contributed by atoms with Gasteiger partial charge in [-0.15, -0.1) is 0 Å². The molecule has 208 valence electrons. The topological polar surface area (TPSA) is 74.8 Å². The van der Waals surface area contributed by atoms with E-state index < -0.39 is 0 Å². The zero-order valence-corrected chi connectivity index (χ0v) is 24.3. The van der Waals surface area contributed by atoms with E-state index in [2.05, 4.69) is 15.2 Å². The third-order valence-corrected chi connectivity index (χ3v) is 8.19. The molecule has 9 heteroatoms. The van der Waals surface area contributed by atoms with Crippen LogP contribution in [0.25, 0.3) is 10.9 Å². The molecule has 39 heavy (non-hydrogen) atoms. The summed E-state index contributed by atoms with van der Waals surface area (Å²) in [5.74, 6) is 0.178. The zero-order valence-electron chi connectivity index (χ0n) is 22.8. The molecule has 0 atom stereocenters. The van der Waals surface area contributed by atoms with Crippen molar-refractivity contribution in [3.63, 3.8) is 0 Å². The van der Waals surface area contributed by atoms with E-state index in [1.807, 2.05) is 44.3 Å². The summed E-state index contributed by atoms with van der Waals surface area (Å²) in [7, 11) is 3.61. The summed E-state index contributed by atoms with van der Waals surface area (Å²) in [5.41, 5.74) is 2.70. The van der Waals surface area contributed by atoms with Crippen LogP contribution in [0, 0.1) is 6.92 Å². The van der Waals surface area contributed by atoms with Crippen LogP contribution in [-0.2, 0) is 16.2 Å². The number of halogens is 2. The van der Waals surface area contributed by atoms with Crippen molar-refractivity contribution in [3.05, 3.63) is 63.8 Å². The van der Waals surface area contributed by atoms with E-state index in [1.165, 1.54) is 30.6 Å². The normalized spacial score (nSPS) is 14.3. The highest BCUT2D eigenvalue weighted by molar-refractivity contribution is 6.38. The highest BCUT2D eigenvalue weighted by Gasteiger charge is 2.22. The molecular weight excluding hydrogens is 535 g/mol. The third kappa shape index (κ3) is 7.41. The average molecular weight is 572 g/mol. The maximum Gasteiger partial charge on any atom is 0.246 e. The first-order valence-electron chi connectivity index (χ1n) is 13.4. The molecule has 1 fully saturated rings. The van der Waals surface area contributed by atoms with Gasteiger partial charge in [0.05, 0.1) is 35.0 Å². The highest BCUT2D eigenvalue weighted by atomic mass is 35.5. The summed E-state index contributed by atoms with van der Waals surface area (Å²) in [4.78, 5) is 33.6. The number of para-hydroxylation sites is 1. The quantitative estimate of drug-likeness (QED) is 0.312. The maximum absolute atomic E-state index is 12.9. The van der Waals surface area contributed by atoms with Crippen LogP contribution in [0.2, 0.25) is 10.0 Å². The van der Waals surface area contributed by atoms with Crippen molar-refractivity contribution in [3.8, 4) is 5.75 Å². The van der Waals surface area contributed by atoms with Gasteiger partial charge in [-0.2, -0.15) is 0 Å². The fourth-order valence-electron chi connectivity index (χ4n) is 5.00. The molecule has 7 nitrogen and oxygen atoms in total. The molecule has 0 aliphatic heterocycles. The standard InChI is InChI=1S/C30H36Cl2N4O3/c1-20-27(16-21-10-8-9-13-25(21)34-20)39-19-23-24(31)14-15-26(30(23)32)36(3)29(38)17-33-28(37)18-35(2)22-11-6-4-5-7-12-22/h8-10,13-16,22H,4-7,11-12,17-19H2,1-3H3,(H,33,37). The van der Waals surface area contributed by atoms with Gasteiger partial charge in [0.15, 0.2) is 0 Å². The average Bonchev–Trinajstić information content (AvgIpc) is 3.21. The van der Waals surface area contributed by atoms with E-state index >= 15 is 0 Å². The monoisotopic (exact) mass is 570 g/mol. The van der Waals surface area contributed by atoms with Crippen LogP contribution in [0.5, 0.6) is 5.75 Å². The number of aryl methyl sites for hydroxylation is 1. The molecule has 1 aromatic heterocycles. The molecule has 1 aliphatic rings. The number of aromatic nitrogens is 1. The summed E-state index contributed by atoms with van der Waals surface area (Å²) >= 11 is 13.2. The van der Waals surface area contributed by atoms with Crippen molar-refractivity contribution in [1.29, 1.82) is 0 Å². The fraction of sp³-hybridized carbons (Fsp3) is 0.433. The zero-order chi connectivity index (χ0) is 27.9. The van der Waals surface area contributed by atoms with Crippen molar-refractivity contribution in [1.82, 2.24) is 15.2 Å². The lowest BCUT2D eigenvalue weighted by Crippen LogP contribution is -2.44. The van der Waals surface area contributed by atoms with Gasteiger partial charge in [-0.05, 0) is 51.1 Å². The molecule has 0 unspecified atom stereocenters. The molecular formula is C30H36Cl2N4O3. The van der Waals surface area contributed by atoms with E-state index in [1.54, 1.807) is 19.2 Å². The van der Waals surface area contributed by atoms with Crippen LogP contribution < -0.4 is 15.0 Å². The van der Waals surface area contributed by atoms with Gasteiger partial charge in [-0.3, -0.25) is 14.5 Å². The number of anilines is 1. The minimum Gasteiger partial charge on any atom is -0.487 e. The van der Waals surface area contributed by atoms with Crippen LogP contribution in [0.1, 0.15) is 49.8 Å². The summed E-state index contributed by atoms with van der Waals surface area (Å²) in [6, 6.07) is 13.6. The Labute approximate surface area is 240 Å². The molecule has 1 heterocycles. The summed E-state index contributed by atoms with van der Waals surface area (Å²) in [6.07, 6.45) is 7.16. The number of likely N-dealkylation sites (N-methyl/N-ethyl adjacent to an activating group) is 2. The number of carbonyl (C=O) groups excluding carboxylic acids is 2. The number of hydrogen-bond acceptors (Lipinski definition) is 5. The highest BCUT2D eigenvalue weighted by Crippen LogP contribution is 2.35. The van der Waals surface area contributed by atoms with Gasteiger partial charge in [0.2, 0.25) is 11.8 Å². The molecule has 0 bridgehead atoms. The minimum atomic E-state index is -0.286. The lowest BCUT2D eigenvalue weighted by molar-refractivity contribution is -0.125. The first-order chi connectivity index (χ1) is 18.7. The number of pyridine rings is 1. The molecule has 1 N–H and O–H groups in total. The molecule has 3 aromatic rings. The molecule has 0 radical (unpaired) electrons. The molecule has 0 spiro atoms. The predicted molar refractivity (Wildman–Crippen MR) is 158 cm³/mol. The second-order valence-electron chi connectivity index (χ2n) is 10.2. The van der Waals surface area contributed by atoms with Crippen LogP contribution >= 0.6 is 23.2 Å². The van der Waals surface area contributed by atoms with Gasteiger partial charge in [0.1, 0.15) is 12.4 Å². The molecule has 0 saturated heterocycles.